The van der Waals surface area contributed by atoms with Crippen molar-refractivity contribution < 1.29 is 0 Å². The highest BCUT2D eigenvalue weighted by Crippen LogP contribution is 2.51. The van der Waals surface area contributed by atoms with Gasteiger partial charge in [-0.3, -0.25) is 0 Å². The molecule has 0 aliphatic heterocycles. The molecular formula is C52H30N6S. The number of para-hydroxylation sites is 3. The minimum atomic E-state index is 0.447. The topological polar surface area (TPSA) is 72.3 Å². The molecule has 0 spiro atoms. The van der Waals surface area contributed by atoms with Crippen LogP contribution in [0.5, 0.6) is 0 Å². The van der Waals surface area contributed by atoms with Gasteiger partial charge in [0.15, 0.2) is 17.5 Å². The van der Waals surface area contributed by atoms with E-state index < -0.39 is 0 Å². The lowest BCUT2D eigenvalue weighted by molar-refractivity contribution is 1.07. The molecule has 0 aliphatic carbocycles. The van der Waals surface area contributed by atoms with E-state index >= 15 is 0 Å². The van der Waals surface area contributed by atoms with Gasteiger partial charge in [-0.25, -0.2) is 15.0 Å². The summed E-state index contributed by atoms with van der Waals surface area (Å²) in [6.07, 6.45) is 0. The van der Waals surface area contributed by atoms with E-state index in [0.29, 0.717) is 28.6 Å². The molecule has 0 bridgehead atoms. The lowest BCUT2D eigenvalue weighted by Gasteiger charge is -2.13. The SMILES string of the molecule is N#Cc1cc(-n2c3ccccc3c3c4c5ccccc5sc4c4c(c5ccccc5n4-c4ccccc4)c32)ccc1-c1nc(-c2ccccc2)nc(-c2ccccc2)n1. The number of nitrogens with zero attached hydrogens (tertiary/aromatic N) is 6. The van der Waals surface area contributed by atoms with Crippen molar-refractivity contribution in [2.24, 2.45) is 0 Å². The lowest BCUT2D eigenvalue weighted by atomic mass is 10.0. The smallest absolute Gasteiger partial charge is 0.165 e. The Hall–Kier alpha value is -7.92. The van der Waals surface area contributed by atoms with E-state index in [1.165, 1.54) is 41.8 Å². The minimum absolute atomic E-state index is 0.447. The summed E-state index contributed by atoms with van der Waals surface area (Å²) in [7, 11) is 0. The van der Waals surface area contributed by atoms with Crippen LogP contribution < -0.4 is 0 Å². The molecule has 0 atom stereocenters. The first-order valence-electron chi connectivity index (χ1n) is 19.5. The largest absolute Gasteiger partial charge is 0.308 e. The van der Waals surface area contributed by atoms with Gasteiger partial charge in [-0.1, -0.05) is 133 Å². The first kappa shape index (κ1) is 33.2. The molecule has 4 aromatic heterocycles. The highest BCUT2D eigenvalue weighted by molar-refractivity contribution is 7.27. The van der Waals surface area contributed by atoms with Crippen LogP contribution in [0.4, 0.5) is 0 Å². The van der Waals surface area contributed by atoms with Crippen molar-refractivity contribution in [3.05, 3.63) is 188 Å². The summed E-state index contributed by atoms with van der Waals surface area (Å²) >= 11 is 1.86. The molecule has 0 amide bonds. The average molecular weight is 771 g/mol. The van der Waals surface area contributed by atoms with Crippen molar-refractivity contribution >= 4 is 75.1 Å². The van der Waals surface area contributed by atoms with Gasteiger partial charge in [0.1, 0.15) is 0 Å². The molecule has 0 N–H and O–H groups in total. The van der Waals surface area contributed by atoms with Crippen LogP contribution in [0.15, 0.2) is 182 Å². The second-order valence-electron chi connectivity index (χ2n) is 14.7. The normalized spacial score (nSPS) is 11.7. The van der Waals surface area contributed by atoms with Gasteiger partial charge < -0.3 is 9.13 Å². The summed E-state index contributed by atoms with van der Waals surface area (Å²) in [4.78, 5) is 14.9. The molecule has 7 heteroatoms. The van der Waals surface area contributed by atoms with E-state index in [1.54, 1.807) is 0 Å². The summed E-state index contributed by atoms with van der Waals surface area (Å²) in [5.41, 5.74) is 9.35. The molecule has 0 aliphatic rings. The summed E-state index contributed by atoms with van der Waals surface area (Å²) in [6.45, 7) is 0. The quantitative estimate of drug-likeness (QED) is 0.175. The number of aromatic nitrogens is 5. The van der Waals surface area contributed by atoms with E-state index in [9.17, 15) is 5.26 Å². The fourth-order valence-electron chi connectivity index (χ4n) is 8.89. The van der Waals surface area contributed by atoms with Gasteiger partial charge in [0.25, 0.3) is 0 Å². The van der Waals surface area contributed by atoms with Crippen molar-refractivity contribution in [2.75, 3.05) is 0 Å². The Kier molecular flexibility index (Phi) is 7.36. The number of nitriles is 1. The van der Waals surface area contributed by atoms with Crippen LogP contribution >= 0.6 is 11.3 Å². The number of hydrogen-bond donors (Lipinski definition) is 0. The van der Waals surface area contributed by atoms with Crippen LogP contribution in [-0.4, -0.2) is 24.1 Å². The van der Waals surface area contributed by atoms with Crippen molar-refractivity contribution in [1.82, 2.24) is 24.1 Å². The third-order valence-electron chi connectivity index (χ3n) is 11.4. The Bertz CT molecular complexity index is 3610. The zero-order valence-corrected chi connectivity index (χ0v) is 32.2. The predicted octanol–water partition coefficient (Wildman–Crippen LogP) is 13.3. The molecule has 8 aromatic carbocycles. The third kappa shape index (κ3) is 5.01. The summed E-state index contributed by atoms with van der Waals surface area (Å²) in [6, 6.07) is 65.3. The summed E-state index contributed by atoms with van der Waals surface area (Å²) in [5.74, 6) is 1.55. The Morgan fingerprint density at radius 1 is 0.441 bits per heavy atom. The molecule has 0 unspecified atom stereocenters. The summed E-state index contributed by atoms with van der Waals surface area (Å²) < 4.78 is 7.30. The van der Waals surface area contributed by atoms with E-state index in [-0.39, 0.29) is 0 Å². The fraction of sp³-hybridized carbons (Fsp3) is 0. The maximum atomic E-state index is 10.9. The van der Waals surface area contributed by atoms with E-state index in [2.05, 4.69) is 124 Å². The van der Waals surface area contributed by atoms with E-state index in [1.807, 2.05) is 84.1 Å². The number of fused-ring (bicyclic) bond motifs is 12. The molecule has 0 saturated carbocycles. The molecule has 274 valence electrons. The van der Waals surface area contributed by atoms with E-state index in [0.717, 1.165) is 44.4 Å². The zero-order chi connectivity index (χ0) is 39.0. The fourth-order valence-corrected chi connectivity index (χ4v) is 10.1. The highest BCUT2D eigenvalue weighted by atomic mass is 32.1. The van der Waals surface area contributed by atoms with Gasteiger partial charge in [0.05, 0.1) is 38.4 Å². The lowest BCUT2D eigenvalue weighted by Crippen LogP contribution is -2.02. The van der Waals surface area contributed by atoms with Crippen LogP contribution in [0.2, 0.25) is 0 Å². The van der Waals surface area contributed by atoms with Gasteiger partial charge in [-0.2, -0.15) is 5.26 Å². The van der Waals surface area contributed by atoms with Crippen molar-refractivity contribution in [3.63, 3.8) is 0 Å². The molecule has 12 rings (SSSR count). The molecule has 59 heavy (non-hydrogen) atoms. The van der Waals surface area contributed by atoms with Gasteiger partial charge in [0.2, 0.25) is 0 Å². The number of hydrogen-bond acceptors (Lipinski definition) is 5. The molecule has 6 nitrogen and oxygen atoms in total. The minimum Gasteiger partial charge on any atom is -0.308 e. The maximum Gasteiger partial charge on any atom is 0.165 e. The van der Waals surface area contributed by atoms with Crippen LogP contribution in [0.25, 0.3) is 109 Å². The molecule has 0 saturated heterocycles. The Labute approximate surface area is 342 Å². The Morgan fingerprint density at radius 3 is 1.61 bits per heavy atom. The summed E-state index contributed by atoms with van der Waals surface area (Å²) in [5, 5.41) is 18.1. The second kappa shape index (κ2) is 13.1. The monoisotopic (exact) mass is 770 g/mol. The maximum absolute atomic E-state index is 10.9. The third-order valence-corrected chi connectivity index (χ3v) is 12.6. The number of rotatable bonds is 5. The van der Waals surface area contributed by atoms with Crippen LogP contribution in [0.3, 0.4) is 0 Å². The second-order valence-corrected chi connectivity index (χ2v) is 15.7. The van der Waals surface area contributed by atoms with Crippen LogP contribution in [0.1, 0.15) is 5.56 Å². The van der Waals surface area contributed by atoms with Crippen LogP contribution in [0, 0.1) is 11.3 Å². The van der Waals surface area contributed by atoms with Gasteiger partial charge >= 0.3 is 0 Å². The standard InChI is InChI=1S/C52H30N6S/c53-31-34-30-36(28-29-37(34)52-55-50(32-16-4-1-5-17-32)54-51(56-52)33-18-6-2-7-19-33)58-41-25-13-10-22-38(41)44-45-40-24-12-15-27-43(40)59-49(45)48-46(47(44)58)39-23-11-14-26-42(39)57(48)35-20-8-3-9-21-35/h1-30H. The molecule has 4 heterocycles. The highest BCUT2D eigenvalue weighted by Gasteiger charge is 2.27. The van der Waals surface area contributed by atoms with Crippen molar-refractivity contribution in [1.29, 1.82) is 5.26 Å². The first-order chi connectivity index (χ1) is 29.2. The average Bonchev–Trinajstić information content (AvgIpc) is 3.98. The first-order valence-corrected chi connectivity index (χ1v) is 20.3. The zero-order valence-electron chi connectivity index (χ0n) is 31.4. The predicted molar refractivity (Wildman–Crippen MR) is 242 cm³/mol. The molecule has 0 fully saturated rings. The Balaban J connectivity index is 1.20. The van der Waals surface area contributed by atoms with Gasteiger partial charge in [0, 0.05) is 65.1 Å². The van der Waals surface area contributed by atoms with Crippen LogP contribution in [-0.2, 0) is 0 Å². The number of benzene rings is 8. The molecule has 12 aromatic rings. The van der Waals surface area contributed by atoms with Gasteiger partial charge in [-0.05, 0) is 48.5 Å². The van der Waals surface area contributed by atoms with Gasteiger partial charge in [-0.15, -0.1) is 11.3 Å². The molecular weight excluding hydrogens is 741 g/mol. The van der Waals surface area contributed by atoms with Crippen molar-refractivity contribution in [2.45, 2.75) is 0 Å². The van der Waals surface area contributed by atoms with Crippen molar-refractivity contribution in [3.8, 4) is 51.6 Å². The van der Waals surface area contributed by atoms with E-state index in [4.69, 9.17) is 15.0 Å². The number of thiophene rings is 1. The Morgan fingerprint density at radius 2 is 0.966 bits per heavy atom. The molecule has 0 radical (unpaired) electrons.